The lowest BCUT2D eigenvalue weighted by atomic mass is 10.1. The van der Waals surface area contributed by atoms with Crippen LogP contribution in [-0.2, 0) is 6.54 Å². The van der Waals surface area contributed by atoms with Crippen molar-refractivity contribution in [2.45, 2.75) is 26.3 Å². The number of halogens is 1. The molecule has 0 saturated carbocycles. The second-order valence-electron chi connectivity index (χ2n) is 5.56. The fraction of sp³-hybridized carbons (Fsp3) is 0.600. The number of phenols is 1. The molecule has 0 aliphatic carbocycles. The Morgan fingerprint density at radius 1 is 1.32 bits per heavy atom. The van der Waals surface area contributed by atoms with Crippen molar-refractivity contribution in [1.29, 1.82) is 0 Å². The van der Waals surface area contributed by atoms with Crippen LogP contribution in [0.4, 0.5) is 4.39 Å². The van der Waals surface area contributed by atoms with Crippen molar-refractivity contribution in [2.75, 3.05) is 26.2 Å². The number of hydrogen-bond acceptors (Lipinski definition) is 3. The van der Waals surface area contributed by atoms with Gasteiger partial charge in [-0.2, -0.15) is 0 Å². The van der Waals surface area contributed by atoms with Crippen LogP contribution in [0.3, 0.4) is 0 Å². The zero-order chi connectivity index (χ0) is 13.7. The van der Waals surface area contributed by atoms with Gasteiger partial charge in [-0.1, -0.05) is 6.92 Å². The van der Waals surface area contributed by atoms with Gasteiger partial charge in [-0.3, -0.25) is 0 Å². The van der Waals surface area contributed by atoms with Crippen molar-refractivity contribution in [1.82, 2.24) is 10.2 Å². The summed E-state index contributed by atoms with van der Waals surface area (Å²) < 4.78 is 13.1. The highest BCUT2D eigenvalue weighted by Crippen LogP contribution is 2.14. The quantitative estimate of drug-likeness (QED) is 0.829. The fourth-order valence-electron chi connectivity index (χ4n) is 2.67. The van der Waals surface area contributed by atoms with E-state index in [1.165, 1.54) is 32.0 Å². The molecule has 1 fully saturated rings. The number of aromatic hydroxyl groups is 1. The van der Waals surface area contributed by atoms with E-state index in [0.717, 1.165) is 24.7 Å². The van der Waals surface area contributed by atoms with E-state index in [2.05, 4.69) is 17.1 Å². The van der Waals surface area contributed by atoms with E-state index >= 15 is 0 Å². The van der Waals surface area contributed by atoms with Gasteiger partial charge in [0.2, 0.25) is 0 Å². The Morgan fingerprint density at radius 3 is 2.74 bits per heavy atom. The molecule has 1 saturated heterocycles. The van der Waals surface area contributed by atoms with Crippen LogP contribution >= 0.6 is 0 Å². The SMILES string of the molecule is CC(CNCc1cc(O)cc(F)c1)CN1CCCC1. The molecular formula is C15H23FN2O. The Labute approximate surface area is 114 Å². The summed E-state index contributed by atoms with van der Waals surface area (Å²) in [6.07, 6.45) is 2.64. The third-order valence-corrected chi connectivity index (χ3v) is 3.53. The average Bonchev–Trinajstić information content (AvgIpc) is 2.80. The van der Waals surface area contributed by atoms with E-state index in [1.54, 1.807) is 6.07 Å². The first kappa shape index (κ1) is 14.3. The third kappa shape index (κ3) is 4.80. The minimum absolute atomic E-state index is 0.0121. The zero-order valence-corrected chi connectivity index (χ0v) is 11.5. The number of nitrogens with one attached hydrogen (secondary N) is 1. The number of nitrogens with zero attached hydrogens (tertiary/aromatic N) is 1. The lowest BCUT2D eigenvalue weighted by Gasteiger charge is -2.20. The summed E-state index contributed by atoms with van der Waals surface area (Å²) in [5.74, 6) is 0.184. The predicted octanol–water partition coefficient (Wildman–Crippen LogP) is 2.35. The Balaban J connectivity index is 1.70. The van der Waals surface area contributed by atoms with E-state index in [4.69, 9.17) is 0 Å². The molecule has 0 bridgehead atoms. The Kier molecular flexibility index (Phi) is 5.16. The third-order valence-electron chi connectivity index (χ3n) is 3.53. The molecule has 2 N–H and O–H groups in total. The molecule has 19 heavy (non-hydrogen) atoms. The van der Waals surface area contributed by atoms with Crippen LogP contribution in [0.5, 0.6) is 5.75 Å². The van der Waals surface area contributed by atoms with E-state index in [-0.39, 0.29) is 11.6 Å². The van der Waals surface area contributed by atoms with Crippen molar-refractivity contribution >= 4 is 0 Å². The van der Waals surface area contributed by atoms with Crippen LogP contribution in [-0.4, -0.2) is 36.2 Å². The highest BCUT2D eigenvalue weighted by molar-refractivity contribution is 5.28. The molecule has 0 spiro atoms. The predicted molar refractivity (Wildman–Crippen MR) is 74.6 cm³/mol. The summed E-state index contributed by atoms with van der Waals surface area (Å²) in [4.78, 5) is 2.50. The minimum Gasteiger partial charge on any atom is -0.508 e. The zero-order valence-electron chi connectivity index (χ0n) is 11.5. The largest absolute Gasteiger partial charge is 0.508 e. The van der Waals surface area contributed by atoms with Gasteiger partial charge in [0.15, 0.2) is 0 Å². The molecule has 4 heteroatoms. The molecule has 2 rings (SSSR count). The number of benzene rings is 1. The van der Waals surface area contributed by atoms with Crippen molar-refractivity contribution in [3.63, 3.8) is 0 Å². The first-order chi connectivity index (χ1) is 9.13. The highest BCUT2D eigenvalue weighted by Gasteiger charge is 2.14. The van der Waals surface area contributed by atoms with Gasteiger partial charge in [-0.15, -0.1) is 0 Å². The Morgan fingerprint density at radius 2 is 2.05 bits per heavy atom. The summed E-state index contributed by atoms with van der Waals surface area (Å²) in [5.41, 5.74) is 0.783. The van der Waals surface area contributed by atoms with Crippen molar-refractivity contribution < 1.29 is 9.50 Å². The van der Waals surface area contributed by atoms with Gasteiger partial charge in [0, 0.05) is 19.2 Å². The highest BCUT2D eigenvalue weighted by atomic mass is 19.1. The van der Waals surface area contributed by atoms with E-state index < -0.39 is 0 Å². The molecule has 3 nitrogen and oxygen atoms in total. The van der Waals surface area contributed by atoms with E-state index in [9.17, 15) is 9.50 Å². The van der Waals surface area contributed by atoms with Gasteiger partial charge < -0.3 is 15.3 Å². The summed E-state index contributed by atoms with van der Waals surface area (Å²) in [6, 6.07) is 4.18. The minimum atomic E-state index is -0.387. The summed E-state index contributed by atoms with van der Waals surface area (Å²) >= 11 is 0. The van der Waals surface area contributed by atoms with Gasteiger partial charge in [-0.05, 0) is 56.1 Å². The van der Waals surface area contributed by atoms with Gasteiger partial charge in [0.25, 0.3) is 0 Å². The maximum atomic E-state index is 13.1. The van der Waals surface area contributed by atoms with Gasteiger partial charge in [-0.25, -0.2) is 4.39 Å². The molecule has 0 aromatic heterocycles. The van der Waals surface area contributed by atoms with Crippen molar-refractivity contribution in [3.8, 4) is 5.75 Å². The summed E-state index contributed by atoms with van der Waals surface area (Å²) in [6.45, 7) is 7.31. The second-order valence-corrected chi connectivity index (χ2v) is 5.56. The molecule has 1 heterocycles. The van der Waals surface area contributed by atoms with Crippen LogP contribution in [0.1, 0.15) is 25.3 Å². The molecule has 1 atom stereocenters. The number of hydrogen-bond donors (Lipinski definition) is 2. The van der Waals surface area contributed by atoms with Crippen LogP contribution in [0.15, 0.2) is 18.2 Å². The van der Waals surface area contributed by atoms with Crippen LogP contribution < -0.4 is 5.32 Å². The molecule has 1 aliphatic rings. The topological polar surface area (TPSA) is 35.5 Å². The first-order valence-corrected chi connectivity index (χ1v) is 7.05. The van der Waals surface area contributed by atoms with Gasteiger partial charge >= 0.3 is 0 Å². The van der Waals surface area contributed by atoms with Crippen molar-refractivity contribution in [3.05, 3.63) is 29.6 Å². The molecule has 1 aromatic rings. The molecule has 1 unspecified atom stereocenters. The molecular weight excluding hydrogens is 243 g/mol. The van der Waals surface area contributed by atoms with Crippen molar-refractivity contribution in [2.24, 2.45) is 5.92 Å². The van der Waals surface area contributed by atoms with Crippen LogP contribution in [0.2, 0.25) is 0 Å². The fourth-order valence-corrected chi connectivity index (χ4v) is 2.67. The Bertz CT molecular complexity index is 385. The molecule has 1 aliphatic heterocycles. The maximum Gasteiger partial charge on any atom is 0.127 e. The number of rotatable bonds is 6. The average molecular weight is 266 g/mol. The smallest absolute Gasteiger partial charge is 0.127 e. The number of likely N-dealkylation sites (tertiary alicyclic amines) is 1. The molecule has 0 amide bonds. The van der Waals surface area contributed by atoms with Gasteiger partial charge in [0.1, 0.15) is 11.6 Å². The normalized spacial score (nSPS) is 17.8. The molecule has 106 valence electrons. The van der Waals surface area contributed by atoms with Gasteiger partial charge in [0.05, 0.1) is 0 Å². The Hall–Kier alpha value is -1.13. The molecule has 0 radical (unpaired) electrons. The second kappa shape index (κ2) is 6.87. The summed E-state index contributed by atoms with van der Waals surface area (Å²) in [7, 11) is 0. The number of phenolic OH excluding ortho intramolecular Hbond substituents is 1. The maximum absolute atomic E-state index is 13.1. The van der Waals surface area contributed by atoms with Crippen LogP contribution in [0, 0.1) is 11.7 Å². The first-order valence-electron chi connectivity index (χ1n) is 7.05. The lowest BCUT2D eigenvalue weighted by Crippen LogP contribution is -2.31. The monoisotopic (exact) mass is 266 g/mol. The van der Waals surface area contributed by atoms with Crippen LogP contribution in [0.25, 0.3) is 0 Å². The summed E-state index contributed by atoms with van der Waals surface area (Å²) in [5, 5.41) is 12.6. The molecule has 1 aromatic carbocycles. The van der Waals surface area contributed by atoms with E-state index in [1.807, 2.05) is 0 Å². The van der Waals surface area contributed by atoms with E-state index in [0.29, 0.717) is 12.5 Å². The standard InChI is InChI=1S/C15H23FN2O/c1-12(11-18-4-2-3-5-18)9-17-10-13-6-14(16)8-15(19)7-13/h6-8,12,17,19H,2-5,9-11H2,1H3. The lowest BCUT2D eigenvalue weighted by molar-refractivity contribution is 0.282.